The summed E-state index contributed by atoms with van der Waals surface area (Å²) in [4.78, 5) is 0. The number of hydrogen-bond donors (Lipinski definition) is 0. The van der Waals surface area contributed by atoms with Crippen LogP contribution in [0.5, 0.6) is 5.75 Å². The first-order chi connectivity index (χ1) is 10.7. The van der Waals surface area contributed by atoms with Crippen molar-refractivity contribution in [2.24, 2.45) is 0 Å². The Morgan fingerprint density at radius 3 is 2.50 bits per heavy atom. The molecule has 4 nitrogen and oxygen atoms in total. The number of aromatic nitrogens is 2. The van der Waals surface area contributed by atoms with Crippen molar-refractivity contribution < 1.29 is 17.9 Å². The van der Waals surface area contributed by atoms with Crippen LogP contribution in [0.3, 0.4) is 0 Å². The van der Waals surface area contributed by atoms with Crippen molar-refractivity contribution >= 4 is 0 Å². The Morgan fingerprint density at radius 2 is 1.73 bits per heavy atom. The predicted octanol–water partition coefficient (Wildman–Crippen LogP) is 3.52. The molecule has 6 heteroatoms. The van der Waals surface area contributed by atoms with Crippen LogP contribution in [0.1, 0.15) is 17.3 Å². The van der Waals surface area contributed by atoms with Crippen molar-refractivity contribution in [2.75, 3.05) is 0 Å². The fourth-order valence-electron chi connectivity index (χ4n) is 1.92. The van der Waals surface area contributed by atoms with Crippen LogP contribution in [0, 0.1) is 11.6 Å². The highest BCUT2D eigenvalue weighted by atomic mass is 19.1. The highest BCUT2D eigenvalue weighted by Crippen LogP contribution is 2.19. The van der Waals surface area contributed by atoms with Gasteiger partial charge in [0.2, 0.25) is 5.89 Å². The van der Waals surface area contributed by atoms with Crippen molar-refractivity contribution in [1.82, 2.24) is 10.2 Å². The zero-order chi connectivity index (χ0) is 15.4. The fourth-order valence-corrected chi connectivity index (χ4v) is 1.92. The molecule has 0 amide bonds. The van der Waals surface area contributed by atoms with Crippen LogP contribution in [0.2, 0.25) is 0 Å². The van der Waals surface area contributed by atoms with Crippen molar-refractivity contribution in [1.29, 1.82) is 0 Å². The SMILES string of the molecule is Fc1ccc(OCc2nnc(Cc3ccccc3)o2)c(F)c1. The number of ether oxygens (including phenoxy) is 1. The molecule has 22 heavy (non-hydrogen) atoms. The van der Waals surface area contributed by atoms with Gasteiger partial charge in [0.05, 0.1) is 6.42 Å². The maximum Gasteiger partial charge on any atom is 0.253 e. The quantitative estimate of drug-likeness (QED) is 0.723. The summed E-state index contributed by atoms with van der Waals surface area (Å²) in [7, 11) is 0. The van der Waals surface area contributed by atoms with E-state index in [-0.39, 0.29) is 18.2 Å². The minimum Gasteiger partial charge on any atom is -0.481 e. The van der Waals surface area contributed by atoms with Crippen LogP contribution >= 0.6 is 0 Å². The Bertz CT molecular complexity index is 760. The normalized spacial score (nSPS) is 10.6. The van der Waals surface area contributed by atoms with E-state index in [1.165, 1.54) is 6.07 Å². The molecule has 0 aliphatic heterocycles. The Labute approximate surface area is 125 Å². The summed E-state index contributed by atoms with van der Waals surface area (Å²) in [6.07, 6.45) is 0.513. The summed E-state index contributed by atoms with van der Waals surface area (Å²) in [6.45, 7) is -0.0790. The molecule has 0 aliphatic carbocycles. The smallest absolute Gasteiger partial charge is 0.253 e. The summed E-state index contributed by atoms with van der Waals surface area (Å²) in [6, 6.07) is 12.8. The zero-order valence-corrected chi connectivity index (χ0v) is 11.5. The van der Waals surface area contributed by atoms with Gasteiger partial charge in [-0.05, 0) is 17.7 Å². The highest BCUT2D eigenvalue weighted by molar-refractivity contribution is 5.24. The van der Waals surface area contributed by atoms with Crippen LogP contribution in [0.25, 0.3) is 0 Å². The van der Waals surface area contributed by atoms with E-state index < -0.39 is 11.6 Å². The summed E-state index contributed by atoms with van der Waals surface area (Å²) < 4.78 is 36.8. The Balaban J connectivity index is 1.62. The van der Waals surface area contributed by atoms with Crippen molar-refractivity contribution in [2.45, 2.75) is 13.0 Å². The molecule has 0 N–H and O–H groups in total. The van der Waals surface area contributed by atoms with Crippen LogP contribution in [-0.2, 0) is 13.0 Å². The molecule has 0 saturated carbocycles. The molecule has 112 valence electrons. The lowest BCUT2D eigenvalue weighted by atomic mass is 10.2. The van der Waals surface area contributed by atoms with Gasteiger partial charge in [-0.2, -0.15) is 0 Å². The monoisotopic (exact) mass is 302 g/mol. The third kappa shape index (κ3) is 3.46. The predicted molar refractivity (Wildman–Crippen MR) is 74.2 cm³/mol. The summed E-state index contributed by atoms with van der Waals surface area (Å²) in [5, 5.41) is 7.75. The highest BCUT2D eigenvalue weighted by Gasteiger charge is 2.10. The topological polar surface area (TPSA) is 48.2 Å². The maximum atomic E-state index is 13.4. The minimum atomic E-state index is -0.774. The summed E-state index contributed by atoms with van der Waals surface area (Å²) in [5.74, 6) is -0.819. The Morgan fingerprint density at radius 1 is 0.955 bits per heavy atom. The molecule has 0 atom stereocenters. The van der Waals surface area contributed by atoms with E-state index in [1.54, 1.807) is 0 Å². The molecule has 1 heterocycles. The molecule has 0 spiro atoms. The number of halogens is 2. The molecular formula is C16H12F2N2O2. The average Bonchev–Trinajstić information content (AvgIpc) is 2.95. The molecule has 3 aromatic rings. The van der Waals surface area contributed by atoms with Gasteiger partial charge >= 0.3 is 0 Å². The maximum absolute atomic E-state index is 13.4. The Hall–Kier alpha value is -2.76. The number of benzene rings is 2. The second-order valence-electron chi connectivity index (χ2n) is 4.62. The van der Waals surface area contributed by atoms with Crippen LogP contribution in [0.4, 0.5) is 8.78 Å². The van der Waals surface area contributed by atoms with Gasteiger partial charge in [-0.25, -0.2) is 8.78 Å². The standard InChI is InChI=1S/C16H12F2N2O2/c17-12-6-7-14(13(18)9-12)21-10-16-20-19-15(22-16)8-11-4-2-1-3-5-11/h1-7,9H,8,10H2. The molecule has 0 bridgehead atoms. The first-order valence-electron chi connectivity index (χ1n) is 6.64. The van der Waals surface area contributed by atoms with E-state index in [0.29, 0.717) is 12.3 Å². The average molecular weight is 302 g/mol. The lowest BCUT2D eigenvalue weighted by Gasteiger charge is -2.04. The van der Waals surface area contributed by atoms with E-state index in [0.717, 1.165) is 17.7 Å². The van der Waals surface area contributed by atoms with Gasteiger partial charge in [0, 0.05) is 6.07 Å². The summed E-state index contributed by atoms with van der Waals surface area (Å²) in [5.41, 5.74) is 1.04. The van der Waals surface area contributed by atoms with Gasteiger partial charge in [0.25, 0.3) is 5.89 Å². The molecule has 1 aromatic heterocycles. The van der Waals surface area contributed by atoms with Gasteiger partial charge in [-0.1, -0.05) is 30.3 Å². The lowest BCUT2D eigenvalue weighted by molar-refractivity contribution is 0.248. The zero-order valence-electron chi connectivity index (χ0n) is 11.5. The van der Waals surface area contributed by atoms with Crippen molar-refractivity contribution in [3.8, 4) is 5.75 Å². The molecule has 3 rings (SSSR count). The minimum absolute atomic E-state index is 0.0655. The molecule has 0 aliphatic rings. The van der Waals surface area contributed by atoms with Crippen molar-refractivity contribution in [3.63, 3.8) is 0 Å². The third-order valence-corrected chi connectivity index (χ3v) is 2.95. The first-order valence-corrected chi connectivity index (χ1v) is 6.64. The molecule has 0 saturated heterocycles. The first kappa shape index (κ1) is 14.2. The third-order valence-electron chi connectivity index (χ3n) is 2.95. The molecule has 0 fully saturated rings. The van der Waals surface area contributed by atoms with Gasteiger partial charge in [-0.3, -0.25) is 0 Å². The van der Waals surface area contributed by atoms with Gasteiger partial charge in [0.1, 0.15) is 5.82 Å². The molecule has 2 aromatic carbocycles. The number of nitrogens with zero attached hydrogens (tertiary/aromatic N) is 2. The Kier molecular flexibility index (Phi) is 4.09. The van der Waals surface area contributed by atoms with Crippen molar-refractivity contribution in [3.05, 3.63) is 77.5 Å². The lowest BCUT2D eigenvalue weighted by Crippen LogP contribution is -1.98. The van der Waals surface area contributed by atoms with E-state index in [4.69, 9.17) is 9.15 Å². The second kappa shape index (κ2) is 6.34. The molecule has 0 radical (unpaired) electrons. The van der Waals surface area contributed by atoms with Crippen LogP contribution in [-0.4, -0.2) is 10.2 Å². The molecular weight excluding hydrogens is 290 g/mol. The van der Waals surface area contributed by atoms with Gasteiger partial charge in [0.15, 0.2) is 18.2 Å². The van der Waals surface area contributed by atoms with Crippen LogP contribution in [0.15, 0.2) is 52.9 Å². The largest absolute Gasteiger partial charge is 0.481 e. The van der Waals surface area contributed by atoms with E-state index in [1.807, 2.05) is 30.3 Å². The summed E-state index contributed by atoms with van der Waals surface area (Å²) >= 11 is 0. The van der Waals surface area contributed by atoms with E-state index >= 15 is 0 Å². The number of hydrogen-bond acceptors (Lipinski definition) is 4. The number of rotatable bonds is 5. The van der Waals surface area contributed by atoms with Gasteiger partial charge < -0.3 is 9.15 Å². The van der Waals surface area contributed by atoms with Gasteiger partial charge in [-0.15, -0.1) is 10.2 Å². The molecule has 0 unspecified atom stereocenters. The fraction of sp³-hybridized carbons (Fsp3) is 0.125. The van der Waals surface area contributed by atoms with E-state index in [2.05, 4.69) is 10.2 Å². The van der Waals surface area contributed by atoms with E-state index in [9.17, 15) is 8.78 Å². The second-order valence-corrected chi connectivity index (χ2v) is 4.62. The van der Waals surface area contributed by atoms with Crippen LogP contribution < -0.4 is 4.74 Å².